The highest BCUT2D eigenvalue weighted by Gasteiger charge is 2.31. The molecule has 1 aliphatic heterocycles. The zero-order valence-electron chi connectivity index (χ0n) is 9.39. The highest BCUT2D eigenvalue weighted by Crippen LogP contribution is 2.24. The van der Waals surface area contributed by atoms with Crippen LogP contribution in [0.25, 0.3) is 0 Å². The molecule has 4 atom stereocenters. The van der Waals surface area contributed by atoms with Crippen molar-refractivity contribution in [3.8, 4) is 0 Å². The summed E-state index contributed by atoms with van der Waals surface area (Å²) in [5, 5.41) is 11.9. The molecule has 0 aromatic heterocycles. The molecule has 0 radical (unpaired) electrons. The predicted molar refractivity (Wildman–Crippen MR) is 58.9 cm³/mol. The number of hydrogen-bond acceptors (Lipinski definition) is 4. The van der Waals surface area contributed by atoms with E-state index in [9.17, 15) is 4.79 Å². The average Bonchev–Trinajstić information content (AvgIpc) is 2.65. The Bertz CT molecular complexity index is 260. The molecule has 1 saturated carbocycles. The number of aliphatic carboxylic acids is 1. The third kappa shape index (κ3) is 2.72. The molecule has 4 unspecified atom stereocenters. The van der Waals surface area contributed by atoms with Gasteiger partial charge in [-0.15, -0.1) is 0 Å². The molecule has 0 aromatic carbocycles. The molecule has 2 rings (SSSR count). The van der Waals surface area contributed by atoms with E-state index >= 15 is 0 Å². The van der Waals surface area contributed by atoms with Gasteiger partial charge in [-0.3, -0.25) is 10.1 Å². The van der Waals surface area contributed by atoms with Crippen LogP contribution in [0.2, 0.25) is 0 Å². The van der Waals surface area contributed by atoms with E-state index in [1.165, 1.54) is 0 Å². The van der Waals surface area contributed by atoms with Crippen molar-refractivity contribution in [2.75, 3.05) is 0 Å². The van der Waals surface area contributed by atoms with E-state index in [1.807, 2.05) is 0 Å². The molecule has 16 heavy (non-hydrogen) atoms. The maximum atomic E-state index is 10.9. The van der Waals surface area contributed by atoms with E-state index in [0.717, 1.165) is 32.1 Å². The Balaban J connectivity index is 1.83. The first-order valence-corrected chi connectivity index (χ1v) is 6.06. The van der Waals surface area contributed by atoms with Gasteiger partial charge >= 0.3 is 5.97 Å². The van der Waals surface area contributed by atoms with Gasteiger partial charge in [0.05, 0.1) is 6.10 Å². The van der Waals surface area contributed by atoms with Crippen LogP contribution in [0.3, 0.4) is 0 Å². The first-order chi connectivity index (χ1) is 7.66. The molecule has 2 fully saturated rings. The minimum atomic E-state index is -0.788. The monoisotopic (exact) mass is 228 g/mol. The summed E-state index contributed by atoms with van der Waals surface area (Å²) in [6.45, 7) is 0. The average molecular weight is 228 g/mol. The lowest BCUT2D eigenvalue weighted by Crippen LogP contribution is -2.50. The molecule has 0 amide bonds. The molecule has 0 aromatic rings. The van der Waals surface area contributed by atoms with Crippen LogP contribution in [0.1, 0.15) is 38.5 Å². The second-order valence-corrected chi connectivity index (χ2v) is 4.75. The second-order valence-electron chi connectivity index (χ2n) is 4.75. The van der Waals surface area contributed by atoms with Crippen molar-refractivity contribution in [1.29, 1.82) is 0 Å². The van der Waals surface area contributed by atoms with Crippen LogP contribution in [0.5, 0.6) is 0 Å². The summed E-state index contributed by atoms with van der Waals surface area (Å²) < 4.78 is 5.85. The summed E-state index contributed by atoms with van der Waals surface area (Å²) in [4.78, 5) is 10.9. The van der Waals surface area contributed by atoms with Crippen molar-refractivity contribution in [3.05, 3.63) is 0 Å². The van der Waals surface area contributed by atoms with Crippen molar-refractivity contribution in [2.45, 2.75) is 62.9 Å². The fourth-order valence-corrected chi connectivity index (χ4v) is 2.54. The molecule has 92 valence electrons. The number of ether oxygens (including phenoxy) is 1. The van der Waals surface area contributed by atoms with Crippen molar-refractivity contribution in [1.82, 2.24) is 5.32 Å². The van der Waals surface area contributed by atoms with E-state index in [1.54, 1.807) is 0 Å². The molecule has 4 N–H and O–H groups in total. The SMILES string of the molecule is NC1CCCC1OC1CCCC(C(=O)O)N1. The highest BCUT2D eigenvalue weighted by atomic mass is 16.5. The van der Waals surface area contributed by atoms with Gasteiger partial charge < -0.3 is 15.6 Å². The van der Waals surface area contributed by atoms with E-state index in [4.69, 9.17) is 15.6 Å². The van der Waals surface area contributed by atoms with Gasteiger partial charge in [-0.05, 0) is 38.5 Å². The smallest absolute Gasteiger partial charge is 0.320 e. The summed E-state index contributed by atoms with van der Waals surface area (Å²) in [6, 6.07) is -0.344. The van der Waals surface area contributed by atoms with Crippen molar-refractivity contribution < 1.29 is 14.6 Å². The lowest BCUT2D eigenvalue weighted by Gasteiger charge is -2.31. The van der Waals surface area contributed by atoms with Gasteiger partial charge in [-0.25, -0.2) is 0 Å². The molecule has 0 bridgehead atoms. The summed E-state index contributed by atoms with van der Waals surface area (Å²) >= 11 is 0. The normalized spacial score (nSPS) is 39.8. The topological polar surface area (TPSA) is 84.6 Å². The molecule has 5 nitrogen and oxygen atoms in total. The molecule has 5 heteroatoms. The minimum absolute atomic E-state index is 0.102. The number of rotatable bonds is 3. The van der Waals surface area contributed by atoms with Gasteiger partial charge in [0.25, 0.3) is 0 Å². The Hall–Kier alpha value is -0.650. The molecule has 2 aliphatic rings. The van der Waals surface area contributed by atoms with E-state index in [2.05, 4.69) is 5.32 Å². The van der Waals surface area contributed by atoms with E-state index < -0.39 is 12.0 Å². The van der Waals surface area contributed by atoms with E-state index in [0.29, 0.717) is 6.42 Å². The lowest BCUT2D eigenvalue weighted by atomic mass is 10.0. The minimum Gasteiger partial charge on any atom is -0.480 e. The highest BCUT2D eigenvalue weighted by molar-refractivity contribution is 5.73. The first-order valence-electron chi connectivity index (χ1n) is 6.06. The molecule has 1 aliphatic carbocycles. The maximum Gasteiger partial charge on any atom is 0.320 e. The summed E-state index contributed by atoms with van der Waals surface area (Å²) in [5.74, 6) is -0.788. The number of hydrogen-bond donors (Lipinski definition) is 3. The largest absolute Gasteiger partial charge is 0.480 e. The predicted octanol–water partition coefficient (Wildman–Crippen LogP) is 0.436. The van der Waals surface area contributed by atoms with Crippen molar-refractivity contribution >= 4 is 5.97 Å². The van der Waals surface area contributed by atoms with Crippen LogP contribution in [0.15, 0.2) is 0 Å². The fourth-order valence-electron chi connectivity index (χ4n) is 2.54. The van der Waals surface area contributed by atoms with Gasteiger partial charge in [0.2, 0.25) is 0 Å². The Morgan fingerprint density at radius 2 is 2.00 bits per heavy atom. The van der Waals surface area contributed by atoms with Gasteiger partial charge in [0, 0.05) is 6.04 Å². The maximum absolute atomic E-state index is 10.9. The Labute approximate surface area is 95.3 Å². The van der Waals surface area contributed by atoms with Crippen LogP contribution in [0, 0.1) is 0 Å². The van der Waals surface area contributed by atoms with Crippen molar-refractivity contribution in [2.24, 2.45) is 5.73 Å². The number of carboxylic acid groups (broad SMARTS) is 1. The number of carbonyl (C=O) groups is 1. The lowest BCUT2D eigenvalue weighted by molar-refractivity contribution is -0.143. The summed E-state index contributed by atoms with van der Waals surface area (Å²) in [5.41, 5.74) is 5.92. The number of piperidine rings is 1. The zero-order valence-corrected chi connectivity index (χ0v) is 9.39. The van der Waals surface area contributed by atoms with Crippen LogP contribution in [0.4, 0.5) is 0 Å². The van der Waals surface area contributed by atoms with Crippen LogP contribution in [-0.2, 0) is 9.53 Å². The molecular formula is C11H20N2O3. The van der Waals surface area contributed by atoms with Crippen molar-refractivity contribution in [3.63, 3.8) is 0 Å². The first kappa shape index (κ1) is 11.8. The van der Waals surface area contributed by atoms with Gasteiger partial charge in [-0.1, -0.05) is 0 Å². The van der Waals surface area contributed by atoms with Gasteiger partial charge in [-0.2, -0.15) is 0 Å². The third-order valence-corrected chi connectivity index (χ3v) is 3.49. The number of carboxylic acids is 1. The molecule has 0 spiro atoms. The van der Waals surface area contributed by atoms with Gasteiger partial charge in [0.15, 0.2) is 0 Å². The standard InChI is InChI=1S/C11H20N2O3/c12-7-3-1-5-9(7)16-10-6-2-4-8(13-10)11(14)15/h7-10,13H,1-6,12H2,(H,14,15). The fraction of sp³-hybridized carbons (Fsp3) is 0.909. The zero-order chi connectivity index (χ0) is 11.5. The van der Waals surface area contributed by atoms with Gasteiger partial charge in [0.1, 0.15) is 12.3 Å². The number of nitrogens with two attached hydrogens (primary N) is 1. The van der Waals surface area contributed by atoms with Crippen LogP contribution in [-0.4, -0.2) is 35.5 Å². The Kier molecular flexibility index (Phi) is 3.78. The van der Waals surface area contributed by atoms with Crippen LogP contribution < -0.4 is 11.1 Å². The Morgan fingerprint density at radius 1 is 1.25 bits per heavy atom. The second kappa shape index (κ2) is 5.12. The van der Waals surface area contributed by atoms with Crippen LogP contribution >= 0.6 is 0 Å². The third-order valence-electron chi connectivity index (χ3n) is 3.49. The quantitative estimate of drug-likeness (QED) is 0.652. The molecular weight excluding hydrogens is 208 g/mol. The molecule has 1 saturated heterocycles. The summed E-state index contributed by atoms with van der Waals surface area (Å²) in [7, 11) is 0. The molecule has 1 heterocycles. The number of nitrogens with one attached hydrogen (secondary N) is 1. The van der Waals surface area contributed by atoms with E-state index in [-0.39, 0.29) is 18.4 Å². The Morgan fingerprint density at radius 3 is 2.62 bits per heavy atom. The summed E-state index contributed by atoms with van der Waals surface area (Å²) in [6.07, 6.45) is 5.56.